The lowest BCUT2D eigenvalue weighted by molar-refractivity contribution is -0.143. The van der Waals surface area contributed by atoms with E-state index in [0.717, 1.165) is 5.56 Å². The fraction of sp³-hybridized carbons (Fsp3) is 0.471. The minimum absolute atomic E-state index is 0.00989. The largest absolute Gasteiger partial charge is 0.359 e. The van der Waals surface area contributed by atoms with Crippen LogP contribution in [-0.2, 0) is 20.8 Å². The highest BCUT2D eigenvalue weighted by molar-refractivity contribution is 5.89. The monoisotopic (exact) mass is 333 g/mol. The normalized spacial score (nSPS) is 20.9. The van der Waals surface area contributed by atoms with Crippen LogP contribution in [-0.4, -0.2) is 60.2 Å². The third-order valence-corrected chi connectivity index (χ3v) is 4.70. The molecule has 1 aromatic rings. The lowest BCUT2D eigenvalue weighted by atomic mass is 10.0. The summed E-state index contributed by atoms with van der Waals surface area (Å²) in [6, 6.07) is 5.86. The molecular formula is C17H20FN3O3. The highest BCUT2D eigenvalue weighted by Gasteiger charge is 2.43. The average Bonchev–Trinajstić information content (AvgIpc) is 2.89. The predicted molar refractivity (Wildman–Crippen MR) is 84.4 cm³/mol. The summed E-state index contributed by atoms with van der Waals surface area (Å²) < 4.78 is 12.9. The molecule has 6 nitrogen and oxygen atoms in total. The molecule has 2 fully saturated rings. The summed E-state index contributed by atoms with van der Waals surface area (Å²) in [5.74, 6) is -0.805. The van der Waals surface area contributed by atoms with Gasteiger partial charge in [-0.15, -0.1) is 0 Å². The summed E-state index contributed by atoms with van der Waals surface area (Å²) in [4.78, 5) is 39.3. The zero-order valence-electron chi connectivity index (χ0n) is 13.5. The van der Waals surface area contributed by atoms with Crippen molar-refractivity contribution in [1.82, 2.24) is 15.1 Å². The Morgan fingerprint density at radius 2 is 1.88 bits per heavy atom. The first-order valence-corrected chi connectivity index (χ1v) is 8.01. The van der Waals surface area contributed by atoms with E-state index in [0.29, 0.717) is 19.6 Å². The van der Waals surface area contributed by atoms with Gasteiger partial charge in [0, 0.05) is 33.1 Å². The molecule has 0 aliphatic carbocycles. The fourth-order valence-corrected chi connectivity index (χ4v) is 3.21. The smallest absolute Gasteiger partial charge is 0.227 e. The quantitative estimate of drug-likeness (QED) is 0.854. The van der Waals surface area contributed by atoms with Crippen LogP contribution < -0.4 is 5.32 Å². The Morgan fingerprint density at radius 3 is 2.50 bits per heavy atom. The molecule has 1 unspecified atom stereocenters. The predicted octanol–water partition coefficient (Wildman–Crippen LogP) is 0.174. The number of hydrogen-bond donors (Lipinski definition) is 1. The third-order valence-electron chi connectivity index (χ3n) is 4.70. The van der Waals surface area contributed by atoms with Gasteiger partial charge in [-0.05, 0) is 17.7 Å². The lowest BCUT2D eigenvalue weighted by Gasteiger charge is -2.44. The van der Waals surface area contributed by atoms with Crippen molar-refractivity contribution in [2.24, 2.45) is 5.92 Å². The molecule has 24 heavy (non-hydrogen) atoms. The van der Waals surface area contributed by atoms with Gasteiger partial charge in [-0.1, -0.05) is 12.1 Å². The van der Waals surface area contributed by atoms with Crippen molar-refractivity contribution < 1.29 is 18.8 Å². The van der Waals surface area contributed by atoms with Crippen LogP contribution in [0.4, 0.5) is 4.39 Å². The van der Waals surface area contributed by atoms with Gasteiger partial charge >= 0.3 is 0 Å². The van der Waals surface area contributed by atoms with Gasteiger partial charge < -0.3 is 15.1 Å². The molecule has 0 radical (unpaired) electrons. The van der Waals surface area contributed by atoms with E-state index in [-0.39, 0.29) is 48.3 Å². The minimum Gasteiger partial charge on any atom is -0.359 e. The third kappa shape index (κ3) is 3.25. The van der Waals surface area contributed by atoms with Crippen LogP contribution in [0.15, 0.2) is 24.3 Å². The van der Waals surface area contributed by atoms with Crippen molar-refractivity contribution in [2.75, 3.05) is 26.7 Å². The second-order valence-corrected chi connectivity index (χ2v) is 6.32. The van der Waals surface area contributed by atoms with Gasteiger partial charge in [0.1, 0.15) is 5.82 Å². The molecule has 0 saturated carbocycles. The maximum absolute atomic E-state index is 12.9. The summed E-state index contributed by atoms with van der Waals surface area (Å²) in [5.41, 5.74) is 0.766. The fourth-order valence-electron chi connectivity index (χ4n) is 3.21. The van der Waals surface area contributed by atoms with E-state index in [9.17, 15) is 18.8 Å². The van der Waals surface area contributed by atoms with Crippen molar-refractivity contribution >= 4 is 17.7 Å². The zero-order chi connectivity index (χ0) is 17.3. The number of nitrogens with one attached hydrogen (secondary N) is 1. The van der Waals surface area contributed by atoms with Crippen molar-refractivity contribution in [1.29, 1.82) is 0 Å². The van der Waals surface area contributed by atoms with Crippen molar-refractivity contribution in [3.8, 4) is 0 Å². The first-order valence-electron chi connectivity index (χ1n) is 8.01. The Labute approximate surface area is 139 Å². The zero-order valence-corrected chi connectivity index (χ0v) is 13.5. The second kappa shape index (κ2) is 6.59. The number of nitrogens with zero attached hydrogens (tertiary/aromatic N) is 2. The summed E-state index contributed by atoms with van der Waals surface area (Å²) >= 11 is 0. The van der Waals surface area contributed by atoms with E-state index in [1.54, 1.807) is 29.0 Å². The lowest BCUT2D eigenvalue weighted by Crippen LogP contribution is -2.61. The van der Waals surface area contributed by atoms with E-state index in [1.807, 2.05) is 0 Å². The van der Waals surface area contributed by atoms with Crippen LogP contribution in [0.3, 0.4) is 0 Å². The van der Waals surface area contributed by atoms with Crippen molar-refractivity contribution in [2.45, 2.75) is 18.9 Å². The van der Waals surface area contributed by atoms with Gasteiger partial charge in [0.25, 0.3) is 0 Å². The van der Waals surface area contributed by atoms with E-state index < -0.39 is 0 Å². The van der Waals surface area contributed by atoms with E-state index >= 15 is 0 Å². The molecule has 0 aromatic heterocycles. The van der Waals surface area contributed by atoms with Crippen molar-refractivity contribution in [3.63, 3.8) is 0 Å². The van der Waals surface area contributed by atoms with Crippen LogP contribution in [0.25, 0.3) is 0 Å². The van der Waals surface area contributed by atoms with Gasteiger partial charge in [-0.2, -0.15) is 0 Å². The molecule has 2 heterocycles. The Kier molecular flexibility index (Phi) is 4.51. The number of rotatable bonds is 4. The van der Waals surface area contributed by atoms with Gasteiger partial charge in [-0.3, -0.25) is 14.4 Å². The number of halogens is 1. The summed E-state index contributed by atoms with van der Waals surface area (Å²) in [5, 5.41) is 2.57. The number of hydrogen-bond acceptors (Lipinski definition) is 3. The molecule has 2 saturated heterocycles. The van der Waals surface area contributed by atoms with Gasteiger partial charge in [0.15, 0.2) is 0 Å². The first-order chi connectivity index (χ1) is 11.5. The van der Waals surface area contributed by atoms with Crippen LogP contribution in [0, 0.1) is 11.7 Å². The molecule has 7 heteroatoms. The van der Waals surface area contributed by atoms with Crippen LogP contribution in [0.2, 0.25) is 0 Å². The molecule has 1 atom stereocenters. The van der Waals surface area contributed by atoms with Gasteiger partial charge in [-0.25, -0.2) is 4.39 Å². The topological polar surface area (TPSA) is 69.7 Å². The van der Waals surface area contributed by atoms with E-state index in [4.69, 9.17) is 0 Å². The van der Waals surface area contributed by atoms with E-state index in [1.165, 1.54) is 12.1 Å². The number of benzene rings is 1. The maximum atomic E-state index is 12.9. The van der Waals surface area contributed by atoms with Crippen LogP contribution in [0.1, 0.15) is 12.0 Å². The van der Waals surface area contributed by atoms with Gasteiger partial charge in [0.05, 0.1) is 18.4 Å². The number of carbonyl (C=O) groups is 3. The molecule has 128 valence electrons. The summed E-state index contributed by atoms with van der Waals surface area (Å²) in [7, 11) is 1.56. The SMILES string of the molecule is CNC(=O)C1CC(=O)N(C2CN(C(=O)Cc3ccc(F)cc3)C2)C1. The molecule has 2 aliphatic heterocycles. The minimum atomic E-state index is -0.326. The molecule has 3 amide bonds. The summed E-state index contributed by atoms with van der Waals surface area (Å²) in [6.45, 7) is 1.40. The molecule has 1 aromatic carbocycles. The Bertz CT molecular complexity index is 656. The Hall–Kier alpha value is -2.44. The molecule has 0 bridgehead atoms. The maximum Gasteiger partial charge on any atom is 0.227 e. The van der Waals surface area contributed by atoms with Crippen LogP contribution in [0.5, 0.6) is 0 Å². The number of carbonyl (C=O) groups excluding carboxylic acids is 3. The highest BCUT2D eigenvalue weighted by Crippen LogP contribution is 2.25. The average molecular weight is 333 g/mol. The Morgan fingerprint density at radius 1 is 1.21 bits per heavy atom. The molecule has 3 rings (SSSR count). The summed E-state index contributed by atoms with van der Waals surface area (Å²) in [6.07, 6.45) is 0.460. The Balaban J connectivity index is 1.50. The second-order valence-electron chi connectivity index (χ2n) is 6.32. The molecule has 1 N–H and O–H groups in total. The first kappa shape index (κ1) is 16.4. The number of likely N-dealkylation sites (tertiary alicyclic amines) is 2. The molecule has 2 aliphatic rings. The highest BCUT2D eigenvalue weighted by atomic mass is 19.1. The van der Waals surface area contributed by atoms with Crippen molar-refractivity contribution in [3.05, 3.63) is 35.6 Å². The number of amides is 3. The van der Waals surface area contributed by atoms with Gasteiger partial charge in [0.2, 0.25) is 17.7 Å². The van der Waals surface area contributed by atoms with E-state index in [2.05, 4.69) is 5.32 Å². The van der Waals surface area contributed by atoms with Crippen LogP contribution >= 0.6 is 0 Å². The molecular weight excluding hydrogens is 313 g/mol. The molecule has 0 spiro atoms. The standard InChI is InChI=1S/C17H20FN3O3/c1-19-17(24)12-7-16(23)21(8-12)14-9-20(10-14)15(22)6-11-2-4-13(18)5-3-11/h2-5,12,14H,6-10H2,1H3,(H,19,24).